The zero-order valence-electron chi connectivity index (χ0n) is 9.98. The molecule has 0 fully saturated rings. The van der Waals surface area contributed by atoms with E-state index >= 15 is 0 Å². The molecule has 0 aliphatic rings. The number of aryl methyl sites for hydroxylation is 1. The van der Waals surface area contributed by atoms with Crippen molar-refractivity contribution >= 4 is 56.2 Å². The van der Waals surface area contributed by atoms with Crippen LogP contribution in [0, 0.1) is 6.92 Å². The molecule has 0 spiro atoms. The molecule has 0 saturated carbocycles. The lowest BCUT2D eigenvalue weighted by Gasteiger charge is -1.92. The first-order valence-corrected chi connectivity index (χ1v) is 8.83. The number of rotatable bonds is 3. The van der Waals surface area contributed by atoms with Crippen LogP contribution in [0.25, 0.3) is 19.5 Å². The lowest BCUT2D eigenvalue weighted by Crippen LogP contribution is -1.62. The topological polar surface area (TPSA) is 17.1 Å². The van der Waals surface area contributed by atoms with Crippen molar-refractivity contribution < 1.29 is 4.79 Å². The third-order valence-corrected chi connectivity index (χ3v) is 7.04. The summed E-state index contributed by atoms with van der Waals surface area (Å²) in [6, 6.07) is 10.3. The Morgan fingerprint density at radius 3 is 2.32 bits per heavy atom. The van der Waals surface area contributed by atoms with Gasteiger partial charge in [0.05, 0.1) is 9.75 Å². The molecular formula is C14H9BrOS3. The highest BCUT2D eigenvalue weighted by Crippen LogP contribution is 2.43. The maximum absolute atomic E-state index is 10.7. The van der Waals surface area contributed by atoms with Gasteiger partial charge in [0, 0.05) is 24.0 Å². The molecule has 0 saturated heterocycles. The second kappa shape index (κ2) is 5.32. The molecule has 3 aromatic rings. The molecule has 1 nitrogen and oxygen atoms in total. The van der Waals surface area contributed by atoms with Crippen LogP contribution in [0.1, 0.15) is 14.5 Å². The Hall–Kier alpha value is -0.750. The quantitative estimate of drug-likeness (QED) is 0.511. The molecule has 5 heteroatoms. The number of aldehydes is 1. The van der Waals surface area contributed by atoms with Gasteiger partial charge in [-0.2, -0.15) is 0 Å². The van der Waals surface area contributed by atoms with Gasteiger partial charge in [-0.05, 0) is 53.2 Å². The number of carbonyl (C=O) groups excluding carboxylic acids is 1. The molecule has 19 heavy (non-hydrogen) atoms. The van der Waals surface area contributed by atoms with Crippen molar-refractivity contribution in [1.29, 1.82) is 0 Å². The third kappa shape index (κ3) is 2.60. The lowest BCUT2D eigenvalue weighted by atomic mass is 10.3. The van der Waals surface area contributed by atoms with Crippen molar-refractivity contribution in [2.75, 3.05) is 0 Å². The minimum absolute atomic E-state index is 0.776. The highest BCUT2D eigenvalue weighted by atomic mass is 79.9. The molecule has 0 aliphatic heterocycles. The highest BCUT2D eigenvalue weighted by molar-refractivity contribution is 9.10. The SMILES string of the molecule is Cc1cc(Br)c(-c2ccc(-c3ccc(C=O)s3)s2)s1. The van der Waals surface area contributed by atoms with E-state index in [1.807, 2.05) is 12.1 Å². The standard InChI is InChI=1S/C14H9BrOS3/c1-8-6-10(15)14(17-8)13-5-4-12(19-13)11-3-2-9(7-16)18-11/h2-7H,1H3. The van der Waals surface area contributed by atoms with Crippen LogP contribution in [0.15, 0.2) is 34.8 Å². The van der Waals surface area contributed by atoms with Gasteiger partial charge >= 0.3 is 0 Å². The van der Waals surface area contributed by atoms with E-state index in [-0.39, 0.29) is 0 Å². The number of thiophene rings is 3. The Morgan fingerprint density at radius 2 is 1.68 bits per heavy atom. The first kappa shape index (κ1) is 13.2. The van der Waals surface area contributed by atoms with Gasteiger partial charge < -0.3 is 0 Å². The minimum Gasteiger partial charge on any atom is -0.297 e. The number of hydrogen-bond acceptors (Lipinski definition) is 4. The fraction of sp³-hybridized carbons (Fsp3) is 0.0714. The van der Waals surface area contributed by atoms with Crippen LogP contribution in [0.4, 0.5) is 0 Å². The molecule has 0 radical (unpaired) electrons. The van der Waals surface area contributed by atoms with E-state index in [1.54, 1.807) is 22.7 Å². The Bertz CT molecular complexity index is 736. The van der Waals surface area contributed by atoms with Crippen molar-refractivity contribution in [2.45, 2.75) is 6.92 Å². The molecule has 0 aliphatic carbocycles. The molecule has 96 valence electrons. The van der Waals surface area contributed by atoms with Crippen molar-refractivity contribution in [2.24, 2.45) is 0 Å². The normalized spacial score (nSPS) is 10.8. The summed E-state index contributed by atoms with van der Waals surface area (Å²) in [7, 11) is 0. The summed E-state index contributed by atoms with van der Waals surface area (Å²) in [5.41, 5.74) is 0. The Balaban J connectivity index is 1.99. The summed E-state index contributed by atoms with van der Waals surface area (Å²) in [5.74, 6) is 0. The smallest absolute Gasteiger partial charge is 0.160 e. The van der Waals surface area contributed by atoms with E-state index in [4.69, 9.17) is 0 Å². The van der Waals surface area contributed by atoms with Gasteiger partial charge in [-0.1, -0.05) is 0 Å². The van der Waals surface area contributed by atoms with Crippen molar-refractivity contribution in [3.05, 3.63) is 44.6 Å². The van der Waals surface area contributed by atoms with Crippen molar-refractivity contribution in [1.82, 2.24) is 0 Å². The van der Waals surface area contributed by atoms with E-state index in [2.05, 4.69) is 41.1 Å². The van der Waals surface area contributed by atoms with E-state index in [9.17, 15) is 4.79 Å². The molecule has 3 heterocycles. The van der Waals surface area contributed by atoms with Crippen LogP contribution in [0.3, 0.4) is 0 Å². The second-order valence-corrected chi connectivity index (χ2v) is 8.33. The summed E-state index contributed by atoms with van der Waals surface area (Å²) < 4.78 is 1.16. The van der Waals surface area contributed by atoms with Crippen LogP contribution in [-0.4, -0.2) is 6.29 Å². The Morgan fingerprint density at radius 1 is 1.00 bits per heavy atom. The summed E-state index contributed by atoms with van der Waals surface area (Å²) in [4.78, 5) is 17.7. The average Bonchev–Trinajstić information content (AvgIpc) is 3.07. The molecule has 0 amide bonds. The monoisotopic (exact) mass is 368 g/mol. The Kier molecular flexibility index (Phi) is 3.71. The number of carbonyl (C=O) groups is 1. The van der Waals surface area contributed by atoms with Crippen LogP contribution >= 0.6 is 49.9 Å². The van der Waals surface area contributed by atoms with Crippen molar-refractivity contribution in [3.8, 4) is 19.5 Å². The molecule has 0 aromatic carbocycles. The molecule has 3 aromatic heterocycles. The molecule has 0 unspecified atom stereocenters. The van der Waals surface area contributed by atoms with Crippen molar-refractivity contribution in [3.63, 3.8) is 0 Å². The van der Waals surface area contributed by atoms with E-state index in [0.29, 0.717) is 0 Å². The van der Waals surface area contributed by atoms with Gasteiger partial charge in [0.1, 0.15) is 0 Å². The number of halogens is 1. The fourth-order valence-electron chi connectivity index (χ4n) is 1.79. The molecule has 0 bridgehead atoms. The van der Waals surface area contributed by atoms with Gasteiger partial charge in [0.25, 0.3) is 0 Å². The predicted octanol–water partition coefficient (Wildman–Crippen LogP) is 6.09. The summed E-state index contributed by atoms with van der Waals surface area (Å²) in [6.45, 7) is 2.11. The van der Waals surface area contributed by atoms with Crippen LogP contribution in [-0.2, 0) is 0 Å². The molecule has 0 N–H and O–H groups in total. The minimum atomic E-state index is 0.776. The average molecular weight is 369 g/mol. The zero-order valence-corrected chi connectivity index (χ0v) is 14.0. The first-order chi connectivity index (χ1) is 9.17. The number of hydrogen-bond donors (Lipinski definition) is 0. The predicted molar refractivity (Wildman–Crippen MR) is 88.8 cm³/mol. The van der Waals surface area contributed by atoms with Gasteiger partial charge in [0.15, 0.2) is 6.29 Å². The maximum atomic E-state index is 10.7. The second-order valence-electron chi connectivity index (χ2n) is 4.02. The van der Waals surface area contributed by atoms with Gasteiger partial charge in [-0.25, -0.2) is 0 Å². The molecular weight excluding hydrogens is 360 g/mol. The van der Waals surface area contributed by atoms with E-state index in [0.717, 1.165) is 20.5 Å². The summed E-state index contributed by atoms with van der Waals surface area (Å²) >= 11 is 8.71. The highest BCUT2D eigenvalue weighted by Gasteiger charge is 2.11. The zero-order chi connectivity index (χ0) is 13.4. The first-order valence-electron chi connectivity index (χ1n) is 5.59. The van der Waals surface area contributed by atoms with E-state index < -0.39 is 0 Å². The summed E-state index contributed by atoms with van der Waals surface area (Å²) in [5, 5.41) is 0. The van der Waals surface area contributed by atoms with Gasteiger partial charge in [-0.3, -0.25) is 4.79 Å². The van der Waals surface area contributed by atoms with Crippen LogP contribution < -0.4 is 0 Å². The third-order valence-electron chi connectivity index (χ3n) is 2.63. The van der Waals surface area contributed by atoms with E-state index in [1.165, 1.54) is 30.8 Å². The van der Waals surface area contributed by atoms with Crippen LogP contribution in [0.2, 0.25) is 0 Å². The Labute approximate surface area is 131 Å². The fourth-order valence-corrected chi connectivity index (χ4v) is 5.82. The molecule has 0 atom stereocenters. The van der Waals surface area contributed by atoms with Crippen LogP contribution in [0.5, 0.6) is 0 Å². The van der Waals surface area contributed by atoms with Gasteiger partial charge in [-0.15, -0.1) is 34.0 Å². The molecule has 3 rings (SSSR count). The van der Waals surface area contributed by atoms with Gasteiger partial charge in [0.2, 0.25) is 0 Å². The largest absolute Gasteiger partial charge is 0.297 e. The lowest BCUT2D eigenvalue weighted by molar-refractivity contribution is 0.112. The summed E-state index contributed by atoms with van der Waals surface area (Å²) in [6.07, 6.45) is 0.905. The maximum Gasteiger partial charge on any atom is 0.160 e.